The highest BCUT2D eigenvalue weighted by molar-refractivity contribution is 5.50. The molecule has 3 nitrogen and oxygen atoms in total. The Bertz CT molecular complexity index is 483. The van der Waals surface area contributed by atoms with Gasteiger partial charge in [0.05, 0.1) is 0 Å². The van der Waals surface area contributed by atoms with Crippen molar-refractivity contribution in [3.05, 3.63) is 65.3 Å². The fourth-order valence-electron chi connectivity index (χ4n) is 1.73. The fourth-order valence-corrected chi connectivity index (χ4v) is 1.73. The van der Waals surface area contributed by atoms with Crippen LogP contribution in [-0.4, -0.2) is 15.3 Å². The lowest BCUT2D eigenvalue weighted by atomic mass is 9.96. The van der Waals surface area contributed by atoms with Crippen molar-refractivity contribution in [3.63, 3.8) is 0 Å². The zero-order chi connectivity index (χ0) is 12.3. The van der Waals surface area contributed by atoms with Crippen molar-refractivity contribution >= 4 is 6.08 Å². The molecule has 0 aromatic heterocycles. The molecule has 0 bridgehead atoms. The van der Waals surface area contributed by atoms with E-state index in [1.165, 1.54) is 6.08 Å². The summed E-state index contributed by atoms with van der Waals surface area (Å²) in [5.41, 5.74) is 1.05. The van der Waals surface area contributed by atoms with Crippen molar-refractivity contribution in [2.45, 2.75) is 6.42 Å². The Morgan fingerprint density at radius 1 is 1.06 bits per heavy atom. The molecule has 1 unspecified atom stereocenters. The van der Waals surface area contributed by atoms with Gasteiger partial charge in [-0.25, -0.2) is 0 Å². The third-order valence-corrected chi connectivity index (χ3v) is 2.65. The van der Waals surface area contributed by atoms with Crippen LogP contribution in [0, 0.1) is 5.92 Å². The average molecular weight is 230 g/mol. The molecule has 0 spiro atoms. The molecular formula is C14H14O3. The van der Waals surface area contributed by atoms with Crippen molar-refractivity contribution in [1.29, 1.82) is 0 Å². The molecule has 0 amide bonds. The molecule has 0 radical (unpaired) electrons. The molecule has 88 valence electrons. The fraction of sp³-hybridized carbons (Fsp3) is 0.143. The zero-order valence-corrected chi connectivity index (χ0v) is 9.24. The molecule has 0 aliphatic heterocycles. The predicted octanol–water partition coefficient (Wildman–Crippen LogP) is 3.49. The van der Waals surface area contributed by atoms with Gasteiger partial charge >= 0.3 is 0 Å². The van der Waals surface area contributed by atoms with E-state index >= 15 is 0 Å². The van der Waals surface area contributed by atoms with Gasteiger partial charge in [-0.05, 0) is 11.6 Å². The van der Waals surface area contributed by atoms with Crippen LogP contribution in [0.5, 0.6) is 0 Å². The second-order valence-corrected chi connectivity index (χ2v) is 3.98. The first-order valence-electron chi connectivity index (χ1n) is 5.42. The first-order valence-corrected chi connectivity index (χ1v) is 5.42. The van der Waals surface area contributed by atoms with Crippen LogP contribution in [0.2, 0.25) is 0 Å². The predicted molar refractivity (Wildman–Crippen MR) is 66.6 cm³/mol. The lowest BCUT2D eigenvalue weighted by Crippen LogP contribution is -2.07. The van der Waals surface area contributed by atoms with Crippen LogP contribution in [0.25, 0.3) is 6.08 Å². The van der Waals surface area contributed by atoms with Crippen molar-refractivity contribution in [2.75, 3.05) is 0 Å². The van der Waals surface area contributed by atoms with Gasteiger partial charge in [0.1, 0.15) is 5.76 Å². The first kappa shape index (κ1) is 11.3. The van der Waals surface area contributed by atoms with Crippen LogP contribution in [0.3, 0.4) is 0 Å². The van der Waals surface area contributed by atoms with Crippen molar-refractivity contribution in [3.8, 4) is 0 Å². The summed E-state index contributed by atoms with van der Waals surface area (Å²) in [5, 5.41) is 28.0. The topological polar surface area (TPSA) is 60.7 Å². The molecule has 0 fully saturated rings. The van der Waals surface area contributed by atoms with Crippen molar-refractivity contribution < 1.29 is 15.3 Å². The molecule has 1 aliphatic carbocycles. The molecule has 1 aromatic carbocycles. The molecule has 0 heterocycles. The molecule has 3 heteroatoms. The summed E-state index contributed by atoms with van der Waals surface area (Å²) in [4.78, 5) is 0. The van der Waals surface area contributed by atoms with Gasteiger partial charge in [-0.2, -0.15) is 0 Å². The van der Waals surface area contributed by atoms with Gasteiger partial charge in [0, 0.05) is 12.3 Å². The lowest BCUT2D eigenvalue weighted by Gasteiger charge is -2.15. The van der Waals surface area contributed by atoms with E-state index in [4.69, 9.17) is 0 Å². The lowest BCUT2D eigenvalue weighted by molar-refractivity contribution is 0.259. The maximum absolute atomic E-state index is 9.41. The molecule has 0 saturated carbocycles. The Morgan fingerprint density at radius 3 is 2.41 bits per heavy atom. The van der Waals surface area contributed by atoms with Crippen LogP contribution < -0.4 is 0 Å². The summed E-state index contributed by atoms with van der Waals surface area (Å²) >= 11 is 0. The monoisotopic (exact) mass is 230 g/mol. The molecule has 17 heavy (non-hydrogen) atoms. The molecule has 3 N–H and O–H groups in total. The first-order chi connectivity index (χ1) is 8.16. The summed E-state index contributed by atoms with van der Waals surface area (Å²) in [5.74, 6) is -0.968. The van der Waals surface area contributed by atoms with E-state index in [0.29, 0.717) is 6.42 Å². The second kappa shape index (κ2) is 4.78. The minimum atomic E-state index is -0.422. The van der Waals surface area contributed by atoms with Crippen LogP contribution >= 0.6 is 0 Å². The third kappa shape index (κ3) is 2.69. The van der Waals surface area contributed by atoms with E-state index in [-0.39, 0.29) is 17.4 Å². The summed E-state index contributed by atoms with van der Waals surface area (Å²) in [6.07, 6.45) is 5.63. The summed E-state index contributed by atoms with van der Waals surface area (Å²) in [6.45, 7) is 0. The number of aliphatic hydroxyl groups is 3. The molecule has 2 rings (SSSR count). The number of benzene rings is 1. The van der Waals surface area contributed by atoms with Gasteiger partial charge in [-0.15, -0.1) is 0 Å². The van der Waals surface area contributed by atoms with Crippen molar-refractivity contribution in [2.24, 2.45) is 5.92 Å². The molecule has 1 aromatic rings. The number of hydrogen-bond donors (Lipinski definition) is 3. The Kier molecular flexibility index (Phi) is 3.19. The van der Waals surface area contributed by atoms with Gasteiger partial charge in [-0.1, -0.05) is 42.5 Å². The summed E-state index contributed by atoms with van der Waals surface area (Å²) in [6, 6.07) is 9.76. The van der Waals surface area contributed by atoms with Gasteiger partial charge in [0.25, 0.3) is 0 Å². The average Bonchev–Trinajstić information content (AvgIpc) is 2.34. The van der Waals surface area contributed by atoms with E-state index < -0.39 is 5.76 Å². The Labute approximate surface area is 99.7 Å². The smallest absolute Gasteiger partial charge is 0.195 e. The standard InChI is InChI=1S/C14H14O3/c15-12-8-11(9-13(16)14(12)17)7-6-10-4-2-1-3-5-10/h1-8,11,15-17H,9H2. The summed E-state index contributed by atoms with van der Waals surface area (Å²) in [7, 11) is 0. The van der Waals surface area contributed by atoms with Crippen molar-refractivity contribution in [1.82, 2.24) is 0 Å². The minimum Gasteiger partial charge on any atom is -0.508 e. The van der Waals surface area contributed by atoms with Gasteiger partial charge in [-0.3, -0.25) is 0 Å². The van der Waals surface area contributed by atoms with E-state index in [9.17, 15) is 15.3 Å². The number of rotatable bonds is 2. The normalized spacial score (nSPS) is 20.7. The largest absolute Gasteiger partial charge is 0.508 e. The third-order valence-electron chi connectivity index (χ3n) is 2.65. The van der Waals surface area contributed by atoms with E-state index in [1.54, 1.807) is 0 Å². The maximum Gasteiger partial charge on any atom is 0.195 e. The molecule has 0 saturated heterocycles. The van der Waals surface area contributed by atoms with Crippen LogP contribution in [0.1, 0.15) is 12.0 Å². The Hall–Kier alpha value is -2.16. The highest BCUT2D eigenvalue weighted by Gasteiger charge is 2.19. The number of aliphatic hydroxyl groups excluding tert-OH is 3. The second-order valence-electron chi connectivity index (χ2n) is 3.98. The maximum atomic E-state index is 9.41. The highest BCUT2D eigenvalue weighted by Crippen LogP contribution is 2.25. The molecular weight excluding hydrogens is 216 g/mol. The number of allylic oxidation sites excluding steroid dienone is 3. The van der Waals surface area contributed by atoms with Crippen LogP contribution in [-0.2, 0) is 0 Å². The summed E-state index contributed by atoms with van der Waals surface area (Å²) < 4.78 is 0. The molecule has 1 atom stereocenters. The van der Waals surface area contributed by atoms with Gasteiger partial charge in [0.15, 0.2) is 11.5 Å². The Balaban J connectivity index is 2.10. The zero-order valence-electron chi connectivity index (χ0n) is 9.24. The van der Waals surface area contributed by atoms with E-state index in [2.05, 4.69) is 0 Å². The van der Waals surface area contributed by atoms with Gasteiger partial charge in [0.2, 0.25) is 0 Å². The van der Waals surface area contributed by atoms with Crippen LogP contribution in [0.4, 0.5) is 0 Å². The highest BCUT2D eigenvalue weighted by atomic mass is 16.3. The van der Waals surface area contributed by atoms with Gasteiger partial charge < -0.3 is 15.3 Å². The minimum absolute atomic E-state index is 0.105. The van der Waals surface area contributed by atoms with E-state index in [1.807, 2.05) is 42.5 Å². The quantitative estimate of drug-likeness (QED) is 0.728. The van der Waals surface area contributed by atoms with E-state index in [0.717, 1.165) is 5.56 Å². The van der Waals surface area contributed by atoms with Crippen LogP contribution in [0.15, 0.2) is 59.8 Å². The number of hydrogen-bond acceptors (Lipinski definition) is 3. The molecule has 1 aliphatic rings. The Morgan fingerprint density at radius 2 is 1.76 bits per heavy atom. The SMILES string of the molecule is OC1=CC(C=Cc2ccccc2)CC(O)=C1O.